The van der Waals surface area contributed by atoms with Gasteiger partial charge >= 0.3 is 0 Å². The molecule has 0 aliphatic rings. The summed E-state index contributed by atoms with van der Waals surface area (Å²) in [4.78, 5) is 8.75. The van der Waals surface area contributed by atoms with Crippen molar-refractivity contribution < 1.29 is 4.74 Å². The molecular weight excluding hydrogens is 307 g/mol. The Labute approximate surface area is 135 Å². The summed E-state index contributed by atoms with van der Waals surface area (Å²) in [5.41, 5.74) is 2.71. The van der Waals surface area contributed by atoms with Gasteiger partial charge in [-0.1, -0.05) is 66.4 Å². The van der Waals surface area contributed by atoms with Crippen LogP contribution in [0.2, 0.25) is 10.3 Å². The highest BCUT2D eigenvalue weighted by atomic mass is 35.5. The quantitative estimate of drug-likeness (QED) is 0.705. The zero-order chi connectivity index (χ0) is 15.4. The van der Waals surface area contributed by atoms with Gasteiger partial charge in [-0.3, -0.25) is 0 Å². The molecule has 0 saturated heterocycles. The molecule has 0 bridgehead atoms. The number of aryl methyl sites for hydroxylation is 1. The largest absolute Gasteiger partial charge is 0.373 e. The highest BCUT2D eigenvalue weighted by Crippen LogP contribution is 2.34. The van der Waals surface area contributed by atoms with Crippen LogP contribution in [0, 0.1) is 6.92 Å². The minimum absolute atomic E-state index is 0.184. The van der Waals surface area contributed by atoms with Crippen molar-refractivity contribution in [3.8, 4) is 11.1 Å². The van der Waals surface area contributed by atoms with Crippen LogP contribution in [-0.4, -0.2) is 17.1 Å². The number of benzene rings is 1. The Bertz CT molecular complexity index is 608. The topological polar surface area (TPSA) is 35.0 Å². The fourth-order valence-electron chi connectivity index (χ4n) is 2.22. The van der Waals surface area contributed by atoms with Crippen molar-refractivity contribution in [2.24, 2.45) is 0 Å². The second kappa shape index (κ2) is 7.21. The van der Waals surface area contributed by atoms with Gasteiger partial charge in [-0.15, -0.1) is 0 Å². The molecule has 2 rings (SSSR count). The first-order chi connectivity index (χ1) is 10.1. The van der Waals surface area contributed by atoms with Crippen LogP contribution in [0.5, 0.6) is 0 Å². The smallest absolute Gasteiger partial charge is 0.160 e. The molecule has 0 radical (unpaired) electrons. The lowest BCUT2D eigenvalue weighted by Gasteiger charge is -2.15. The normalized spacial score (nSPS) is 12.4. The lowest BCUT2D eigenvalue weighted by molar-refractivity contribution is 0.0876. The molecule has 1 unspecified atom stereocenters. The third-order valence-corrected chi connectivity index (χ3v) is 3.82. The Morgan fingerprint density at radius 3 is 2.38 bits per heavy atom. The highest BCUT2D eigenvalue weighted by molar-refractivity contribution is 6.37. The molecule has 3 nitrogen and oxygen atoms in total. The summed E-state index contributed by atoms with van der Waals surface area (Å²) in [6, 6.07) is 7.93. The van der Waals surface area contributed by atoms with Crippen molar-refractivity contribution >= 4 is 23.2 Å². The van der Waals surface area contributed by atoms with Gasteiger partial charge in [0, 0.05) is 7.11 Å². The first kappa shape index (κ1) is 16.2. The summed E-state index contributed by atoms with van der Waals surface area (Å²) < 4.78 is 5.41. The number of hydrogen-bond acceptors (Lipinski definition) is 3. The molecule has 0 N–H and O–H groups in total. The van der Waals surface area contributed by atoms with Gasteiger partial charge in [0.05, 0.1) is 5.56 Å². The van der Waals surface area contributed by atoms with E-state index in [2.05, 4.69) is 16.9 Å². The monoisotopic (exact) mass is 324 g/mol. The van der Waals surface area contributed by atoms with Gasteiger partial charge in [0.25, 0.3) is 0 Å². The van der Waals surface area contributed by atoms with E-state index in [1.807, 2.05) is 31.2 Å². The average Bonchev–Trinajstić information content (AvgIpc) is 2.44. The predicted octanol–water partition coefficient (Wildman–Crippen LogP) is 5.25. The second-order valence-electron chi connectivity index (χ2n) is 4.92. The highest BCUT2D eigenvalue weighted by Gasteiger charge is 2.19. The van der Waals surface area contributed by atoms with Crippen molar-refractivity contribution in [1.82, 2.24) is 9.97 Å². The maximum atomic E-state index is 6.33. The molecule has 112 valence electrons. The summed E-state index contributed by atoms with van der Waals surface area (Å²) in [5, 5.41) is 0.711. The van der Waals surface area contributed by atoms with E-state index in [1.54, 1.807) is 7.11 Å². The van der Waals surface area contributed by atoms with Gasteiger partial charge in [-0.25, -0.2) is 9.97 Å². The number of ether oxygens (including phenoxy) is 1. The molecule has 21 heavy (non-hydrogen) atoms. The summed E-state index contributed by atoms with van der Waals surface area (Å²) in [5.74, 6) is 0.533. The molecule has 0 spiro atoms. The van der Waals surface area contributed by atoms with Crippen molar-refractivity contribution in [3.63, 3.8) is 0 Å². The summed E-state index contributed by atoms with van der Waals surface area (Å²) in [6.07, 6.45) is 1.61. The third-order valence-electron chi connectivity index (χ3n) is 3.27. The van der Waals surface area contributed by atoms with E-state index >= 15 is 0 Å². The van der Waals surface area contributed by atoms with Crippen LogP contribution in [0.3, 0.4) is 0 Å². The molecule has 1 atom stereocenters. The Hall–Kier alpha value is -1.16. The number of nitrogens with zero attached hydrogens (tertiary/aromatic N) is 2. The van der Waals surface area contributed by atoms with E-state index in [1.165, 1.54) is 0 Å². The Balaban J connectivity index is 2.47. The van der Waals surface area contributed by atoms with Crippen LogP contribution in [0.15, 0.2) is 24.3 Å². The number of aromatic nitrogens is 2. The van der Waals surface area contributed by atoms with Crippen LogP contribution in [0.1, 0.15) is 37.3 Å². The zero-order valence-electron chi connectivity index (χ0n) is 12.4. The van der Waals surface area contributed by atoms with Crippen molar-refractivity contribution in [1.29, 1.82) is 0 Å². The van der Waals surface area contributed by atoms with Gasteiger partial charge in [-0.2, -0.15) is 0 Å². The molecule has 0 fully saturated rings. The van der Waals surface area contributed by atoms with Gasteiger partial charge in [0.2, 0.25) is 0 Å². The van der Waals surface area contributed by atoms with Gasteiger partial charge < -0.3 is 4.74 Å². The van der Waals surface area contributed by atoms with Crippen molar-refractivity contribution in [3.05, 3.63) is 46.0 Å². The van der Waals surface area contributed by atoms with Crippen LogP contribution in [0.4, 0.5) is 0 Å². The SMILES string of the molecule is CCCC(OC)c1nc(Cl)c(-c2cccc(C)c2)c(Cl)n1. The fourth-order valence-corrected chi connectivity index (χ4v) is 2.84. The molecule has 5 heteroatoms. The van der Waals surface area contributed by atoms with Crippen molar-refractivity contribution in [2.45, 2.75) is 32.8 Å². The third kappa shape index (κ3) is 3.73. The van der Waals surface area contributed by atoms with Gasteiger partial charge in [0.1, 0.15) is 16.4 Å². The number of methoxy groups -OCH3 is 1. The first-order valence-corrected chi connectivity index (χ1v) is 7.65. The molecular formula is C16H18Cl2N2O. The fraction of sp³-hybridized carbons (Fsp3) is 0.375. The second-order valence-corrected chi connectivity index (χ2v) is 5.64. The van der Waals surface area contributed by atoms with E-state index in [0.717, 1.165) is 24.0 Å². The lowest BCUT2D eigenvalue weighted by Crippen LogP contribution is -2.08. The standard InChI is InChI=1S/C16H18Cl2N2O/c1-4-6-12(21-3)16-19-14(17)13(15(18)20-16)11-8-5-7-10(2)9-11/h5,7-9,12H,4,6H2,1-3H3. The van der Waals surface area contributed by atoms with Gasteiger partial charge in [0.15, 0.2) is 5.82 Å². The number of rotatable bonds is 5. The molecule has 0 amide bonds. The Morgan fingerprint density at radius 2 is 1.86 bits per heavy atom. The summed E-state index contributed by atoms with van der Waals surface area (Å²) >= 11 is 12.7. The van der Waals surface area contributed by atoms with E-state index in [-0.39, 0.29) is 6.10 Å². The first-order valence-electron chi connectivity index (χ1n) is 6.89. The Morgan fingerprint density at radius 1 is 1.19 bits per heavy atom. The maximum Gasteiger partial charge on any atom is 0.160 e. The van der Waals surface area contributed by atoms with Crippen LogP contribution < -0.4 is 0 Å². The van der Waals surface area contributed by atoms with Crippen LogP contribution >= 0.6 is 23.2 Å². The molecule has 1 aromatic heterocycles. The Kier molecular flexibility index (Phi) is 5.57. The predicted molar refractivity (Wildman–Crippen MR) is 86.9 cm³/mol. The van der Waals surface area contributed by atoms with Crippen LogP contribution in [-0.2, 0) is 4.74 Å². The molecule has 1 heterocycles. The molecule has 0 saturated carbocycles. The lowest BCUT2D eigenvalue weighted by atomic mass is 10.1. The van der Waals surface area contributed by atoms with Crippen molar-refractivity contribution in [2.75, 3.05) is 7.11 Å². The average molecular weight is 325 g/mol. The number of halogens is 2. The molecule has 2 aromatic rings. The van der Waals surface area contributed by atoms with Gasteiger partial charge in [-0.05, 0) is 18.9 Å². The maximum absolute atomic E-state index is 6.33. The summed E-state index contributed by atoms with van der Waals surface area (Å²) in [6.45, 7) is 4.10. The van der Waals surface area contributed by atoms with E-state index in [9.17, 15) is 0 Å². The van der Waals surface area contributed by atoms with E-state index in [0.29, 0.717) is 21.7 Å². The molecule has 1 aromatic carbocycles. The van der Waals surface area contributed by atoms with E-state index in [4.69, 9.17) is 27.9 Å². The number of hydrogen-bond donors (Lipinski definition) is 0. The minimum Gasteiger partial charge on any atom is -0.373 e. The van der Waals surface area contributed by atoms with Crippen LogP contribution in [0.25, 0.3) is 11.1 Å². The molecule has 0 aliphatic carbocycles. The van der Waals surface area contributed by atoms with E-state index < -0.39 is 0 Å². The zero-order valence-corrected chi connectivity index (χ0v) is 13.9. The minimum atomic E-state index is -0.184. The summed E-state index contributed by atoms with van der Waals surface area (Å²) in [7, 11) is 1.64. The molecule has 0 aliphatic heterocycles.